The first-order valence-corrected chi connectivity index (χ1v) is 8.50. The summed E-state index contributed by atoms with van der Waals surface area (Å²) < 4.78 is 17.8. The number of ether oxygens (including phenoxy) is 2. The summed E-state index contributed by atoms with van der Waals surface area (Å²) in [4.78, 5) is 0. The van der Waals surface area contributed by atoms with Crippen molar-refractivity contribution < 1.29 is 13.9 Å². The van der Waals surface area contributed by atoms with Gasteiger partial charge < -0.3 is 13.9 Å². The van der Waals surface area contributed by atoms with Crippen molar-refractivity contribution in [2.75, 3.05) is 7.11 Å². The second kappa shape index (κ2) is 7.98. The van der Waals surface area contributed by atoms with Crippen molar-refractivity contribution in [3.8, 4) is 23.0 Å². The van der Waals surface area contributed by atoms with Crippen LogP contribution in [0.1, 0.15) is 18.4 Å². The maximum atomic E-state index is 5.76. The van der Waals surface area contributed by atoms with Gasteiger partial charge in [0.05, 0.1) is 7.11 Å². The molecule has 2 aromatic carbocycles. The molecule has 0 fully saturated rings. The molecule has 0 spiro atoms. The van der Waals surface area contributed by atoms with Crippen LogP contribution in [-0.4, -0.2) is 17.3 Å². The van der Waals surface area contributed by atoms with Gasteiger partial charge in [0.25, 0.3) is 5.89 Å². The van der Waals surface area contributed by atoms with Crippen LogP contribution in [-0.2, 0) is 6.61 Å². The molecule has 0 saturated carbocycles. The van der Waals surface area contributed by atoms with E-state index in [-0.39, 0.29) is 6.61 Å². The Bertz CT molecular complexity index is 873. The van der Waals surface area contributed by atoms with Crippen molar-refractivity contribution in [1.82, 2.24) is 10.2 Å². The van der Waals surface area contributed by atoms with Gasteiger partial charge >= 0.3 is 0 Å². The highest BCUT2D eigenvalue weighted by atomic mass is 79.9. The summed E-state index contributed by atoms with van der Waals surface area (Å²) in [6.45, 7) is 2.14. The molecule has 0 aliphatic carbocycles. The molecule has 1 heterocycles. The number of aromatic nitrogens is 2. The fraction of sp³-hybridized carbons (Fsp3) is 0.158. The van der Waals surface area contributed by atoms with E-state index in [1.165, 1.54) is 0 Å². The SMILES string of the molecule is C/C=C/c1ccc(OCc2nnc(-c3ccc(Br)cc3)o2)c(OC)c1. The molecule has 0 amide bonds. The average Bonchev–Trinajstić information content (AvgIpc) is 3.10. The highest BCUT2D eigenvalue weighted by Crippen LogP contribution is 2.29. The molecule has 0 bridgehead atoms. The summed E-state index contributed by atoms with van der Waals surface area (Å²) in [5.74, 6) is 2.14. The Balaban J connectivity index is 1.71. The third-order valence-corrected chi connectivity index (χ3v) is 3.98. The lowest BCUT2D eigenvalue weighted by Crippen LogP contribution is -1.98. The average molecular weight is 401 g/mol. The van der Waals surface area contributed by atoms with Crippen molar-refractivity contribution in [3.05, 3.63) is 64.5 Å². The zero-order valence-electron chi connectivity index (χ0n) is 13.9. The van der Waals surface area contributed by atoms with E-state index in [2.05, 4.69) is 26.1 Å². The van der Waals surface area contributed by atoms with Gasteiger partial charge in [-0.2, -0.15) is 0 Å². The predicted octanol–water partition coefficient (Wildman–Crippen LogP) is 5.12. The molecule has 0 N–H and O–H groups in total. The van der Waals surface area contributed by atoms with Crippen LogP contribution in [0.15, 0.2) is 57.4 Å². The van der Waals surface area contributed by atoms with Crippen LogP contribution in [0, 0.1) is 0 Å². The maximum absolute atomic E-state index is 5.76. The molecule has 3 rings (SSSR count). The van der Waals surface area contributed by atoms with E-state index < -0.39 is 0 Å². The number of hydrogen-bond acceptors (Lipinski definition) is 5. The summed E-state index contributed by atoms with van der Waals surface area (Å²) in [6, 6.07) is 13.4. The molecule has 5 nitrogen and oxygen atoms in total. The Kier molecular flexibility index (Phi) is 5.50. The summed E-state index contributed by atoms with van der Waals surface area (Å²) >= 11 is 3.40. The van der Waals surface area contributed by atoms with E-state index in [0.29, 0.717) is 23.3 Å². The van der Waals surface area contributed by atoms with Gasteiger partial charge in [0.15, 0.2) is 18.1 Å². The van der Waals surface area contributed by atoms with E-state index in [1.807, 2.05) is 61.5 Å². The van der Waals surface area contributed by atoms with Crippen LogP contribution in [0.4, 0.5) is 0 Å². The molecule has 6 heteroatoms. The molecule has 0 atom stereocenters. The largest absolute Gasteiger partial charge is 0.493 e. The fourth-order valence-corrected chi connectivity index (χ4v) is 2.52. The molecule has 128 valence electrons. The van der Waals surface area contributed by atoms with Crippen molar-refractivity contribution in [2.24, 2.45) is 0 Å². The number of methoxy groups -OCH3 is 1. The fourth-order valence-electron chi connectivity index (χ4n) is 2.26. The van der Waals surface area contributed by atoms with E-state index in [0.717, 1.165) is 15.6 Å². The molecule has 0 aliphatic heterocycles. The van der Waals surface area contributed by atoms with Gasteiger partial charge in [-0.05, 0) is 48.9 Å². The van der Waals surface area contributed by atoms with Crippen LogP contribution >= 0.6 is 15.9 Å². The number of halogens is 1. The summed E-state index contributed by atoms with van der Waals surface area (Å²) in [6.07, 6.45) is 3.96. The van der Waals surface area contributed by atoms with Crippen molar-refractivity contribution in [1.29, 1.82) is 0 Å². The minimum atomic E-state index is 0.169. The van der Waals surface area contributed by atoms with Crippen LogP contribution in [0.25, 0.3) is 17.5 Å². The standard InChI is InChI=1S/C19H17BrN2O3/c1-3-4-13-5-10-16(17(11-13)23-2)24-12-18-21-22-19(25-18)14-6-8-15(20)9-7-14/h3-11H,12H2,1-2H3/b4-3+. The Hall–Kier alpha value is -2.60. The first-order chi connectivity index (χ1) is 12.2. The van der Waals surface area contributed by atoms with Gasteiger partial charge in [0.2, 0.25) is 5.89 Å². The summed E-state index contributed by atoms with van der Waals surface area (Å²) in [5.41, 5.74) is 1.90. The summed E-state index contributed by atoms with van der Waals surface area (Å²) in [5, 5.41) is 8.08. The minimum Gasteiger partial charge on any atom is -0.493 e. The monoisotopic (exact) mass is 400 g/mol. The second-order valence-corrected chi connectivity index (χ2v) is 6.12. The molecule has 0 aliphatic rings. The Morgan fingerprint density at radius 2 is 1.88 bits per heavy atom. The van der Waals surface area contributed by atoms with Gasteiger partial charge in [0.1, 0.15) is 0 Å². The van der Waals surface area contributed by atoms with E-state index in [9.17, 15) is 0 Å². The molecular weight excluding hydrogens is 384 g/mol. The highest BCUT2D eigenvalue weighted by molar-refractivity contribution is 9.10. The van der Waals surface area contributed by atoms with Crippen molar-refractivity contribution >= 4 is 22.0 Å². The molecular formula is C19H17BrN2O3. The molecule has 0 saturated heterocycles. The smallest absolute Gasteiger partial charge is 0.254 e. The lowest BCUT2D eigenvalue weighted by molar-refractivity contribution is 0.251. The Morgan fingerprint density at radius 1 is 1.08 bits per heavy atom. The highest BCUT2D eigenvalue weighted by Gasteiger charge is 2.11. The van der Waals surface area contributed by atoms with Crippen molar-refractivity contribution in [3.63, 3.8) is 0 Å². The van der Waals surface area contributed by atoms with Crippen molar-refractivity contribution in [2.45, 2.75) is 13.5 Å². The quantitative estimate of drug-likeness (QED) is 0.574. The molecule has 3 aromatic rings. The van der Waals surface area contributed by atoms with Gasteiger partial charge in [0, 0.05) is 10.0 Å². The zero-order chi connectivity index (χ0) is 17.6. The summed E-state index contributed by atoms with van der Waals surface area (Å²) in [7, 11) is 1.61. The van der Waals surface area contributed by atoms with Crippen LogP contribution in [0.5, 0.6) is 11.5 Å². The second-order valence-electron chi connectivity index (χ2n) is 5.21. The number of hydrogen-bond donors (Lipinski definition) is 0. The first-order valence-electron chi connectivity index (χ1n) is 7.71. The molecule has 0 radical (unpaired) electrons. The van der Waals surface area contributed by atoms with E-state index in [4.69, 9.17) is 13.9 Å². The number of nitrogens with zero attached hydrogens (tertiary/aromatic N) is 2. The van der Waals surface area contributed by atoms with Crippen LogP contribution in [0.2, 0.25) is 0 Å². The minimum absolute atomic E-state index is 0.169. The zero-order valence-corrected chi connectivity index (χ0v) is 15.5. The lowest BCUT2D eigenvalue weighted by Gasteiger charge is -2.09. The van der Waals surface area contributed by atoms with Gasteiger partial charge in [-0.25, -0.2) is 0 Å². The Labute approximate surface area is 154 Å². The third kappa shape index (κ3) is 4.28. The molecule has 25 heavy (non-hydrogen) atoms. The number of benzene rings is 2. The maximum Gasteiger partial charge on any atom is 0.254 e. The number of rotatable bonds is 6. The predicted molar refractivity (Wildman–Crippen MR) is 99.5 cm³/mol. The Morgan fingerprint density at radius 3 is 2.60 bits per heavy atom. The van der Waals surface area contributed by atoms with Crippen LogP contribution in [0.3, 0.4) is 0 Å². The normalized spacial score (nSPS) is 11.0. The van der Waals surface area contributed by atoms with Gasteiger partial charge in [-0.1, -0.05) is 34.1 Å². The van der Waals surface area contributed by atoms with Gasteiger partial charge in [-0.3, -0.25) is 0 Å². The van der Waals surface area contributed by atoms with E-state index >= 15 is 0 Å². The van der Waals surface area contributed by atoms with Gasteiger partial charge in [-0.15, -0.1) is 10.2 Å². The van der Waals surface area contributed by atoms with E-state index in [1.54, 1.807) is 7.11 Å². The molecule has 1 aromatic heterocycles. The first kappa shape index (κ1) is 17.2. The topological polar surface area (TPSA) is 57.4 Å². The number of allylic oxidation sites excluding steroid dienone is 1. The molecule has 0 unspecified atom stereocenters. The lowest BCUT2D eigenvalue weighted by atomic mass is 10.2. The van der Waals surface area contributed by atoms with Crippen LogP contribution < -0.4 is 9.47 Å². The third-order valence-electron chi connectivity index (χ3n) is 3.46.